The Labute approximate surface area is 72.2 Å². The molecule has 0 aromatic heterocycles. The smallest absolute Gasteiger partial charge is 0.104 e. The van der Waals surface area contributed by atoms with E-state index in [-0.39, 0.29) is 11.1 Å². The van der Waals surface area contributed by atoms with Crippen LogP contribution >= 0.6 is 11.8 Å². The van der Waals surface area contributed by atoms with Crippen molar-refractivity contribution in [2.45, 2.75) is 18.6 Å². The molecule has 0 amide bonds. The van der Waals surface area contributed by atoms with Crippen LogP contribution in [-0.2, 0) is 4.74 Å². The average molecular weight is 176 g/mol. The first-order valence-electron chi connectivity index (χ1n) is 3.63. The molecule has 11 heavy (non-hydrogen) atoms. The molecule has 0 saturated carbocycles. The van der Waals surface area contributed by atoms with E-state index >= 15 is 0 Å². The summed E-state index contributed by atoms with van der Waals surface area (Å²) in [5.74, 6) is 1.27. The lowest BCUT2D eigenvalue weighted by Crippen LogP contribution is -2.22. The summed E-state index contributed by atoms with van der Waals surface area (Å²) in [4.78, 5) is 0. The Morgan fingerprint density at radius 2 is 2.36 bits per heavy atom. The van der Waals surface area contributed by atoms with Gasteiger partial charge in [-0.25, -0.2) is 0 Å². The van der Waals surface area contributed by atoms with Gasteiger partial charge in [-0.3, -0.25) is 5.41 Å². The van der Waals surface area contributed by atoms with Gasteiger partial charge in [-0.2, -0.15) is 11.8 Å². The van der Waals surface area contributed by atoms with E-state index in [0.29, 0.717) is 0 Å². The molecule has 4 heteroatoms. The van der Waals surface area contributed by atoms with E-state index in [4.69, 9.17) is 15.9 Å². The molecule has 0 saturated heterocycles. The molecule has 0 aliphatic carbocycles. The lowest BCUT2D eigenvalue weighted by Gasteiger charge is -2.07. The monoisotopic (exact) mass is 176 g/mol. The van der Waals surface area contributed by atoms with Gasteiger partial charge in [0, 0.05) is 13.7 Å². The van der Waals surface area contributed by atoms with Crippen LogP contribution in [0.1, 0.15) is 13.3 Å². The van der Waals surface area contributed by atoms with Crippen LogP contribution in [0, 0.1) is 5.41 Å². The highest BCUT2D eigenvalue weighted by molar-refractivity contribution is 8.00. The highest BCUT2D eigenvalue weighted by Gasteiger charge is 2.03. The van der Waals surface area contributed by atoms with Crippen molar-refractivity contribution in [2.24, 2.45) is 5.73 Å². The van der Waals surface area contributed by atoms with Gasteiger partial charge in [0.15, 0.2) is 0 Å². The van der Waals surface area contributed by atoms with E-state index in [0.717, 1.165) is 18.8 Å². The van der Waals surface area contributed by atoms with E-state index < -0.39 is 0 Å². The van der Waals surface area contributed by atoms with Crippen molar-refractivity contribution in [3.8, 4) is 0 Å². The maximum atomic E-state index is 7.11. The van der Waals surface area contributed by atoms with E-state index in [2.05, 4.69) is 0 Å². The molecule has 3 nitrogen and oxygen atoms in total. The summed E-state index contributed by atoms with van der Waals surface area (Å²) in [5, 5.41) is 7.25. The number of thioether (sulfide) groups is 1. The second-order valence-corrected chi connectivity index (χ2v) is 3.76. The first-order chi connectivity index (χ1) is 5.18. The van der Waals surface area contributed by atoms with Gasteiger partial charge in [0.1, 0.15) is 5.84 Å². The second-order valence-electron chi connectivity index (χ2n) is 2.31. The van der Waals surface area contributed by atoms with Gasteiger partial charge >= 0.3 is 0 Å². The maximum absolute atomic E-state index is 7.11. The molecule has 0 aliphatic rings. The van der Waals surface area contributed by atoms with E-state index in [9.17, 15) is 0 Å². The van der Waals surface area contributed by atoms with Gasteiger partial charge in [0.25, 0.3) is 0 Å². The van der Waals surface area contributed by atoms with Gasteiger partial charge in [-0.1, -0.05) is 0 Å². The molecule has 0 spiro atoms. The molecular formula is C7H16N2OS. The molecular weight excluding hydrogens is 160 g/mol. The van der Waals surface area contributed by atoms with Gasteiger partial charge in [0.05, 0.1) is 5.25 Å². The third kappa shape index (κ3) is 6.19. The minimum atomic E-state index is 0.145. The summed E-state index contributed by atoms with van der Waals surface area (Å²) in [6.45, 7) is 2.73. The minimum absolute atomic E-state index is 0.145. The van der Waals surface area contributed by atoms with Crippen LogP contribution in [0.25, 0.3) is 0 Å². The average Bonchev–Trinajstić information content (AvgIpc) is 1.97. The lowest BCUT2D eigenvalue weighted by molar-refractivity contribution is 0.200. The highest BCUT2D eigenvalue weighted by Crippen LogP contribution is 2.10. The summed E-state index contributed by atoms with van der Waals surface area (Å²) < 4.78 is 4.89. The Balaban J connectivity index is 3.17. The Hall–Kier alpha value is -0.220. The number of nitrogens with two attached hydrogens (primary N) is 1. The van der Waals surface area contributed by atoms with E-state index in [1.807, 2.05) is 6.92 Å². The van der Waals surface area contributed by atoms with Crippen LogP contribution in [0.5, 0.6) is 0 Å². The van der Waals surface area contributed by atoms with Crippen molar-refractivity contribution in [1.82, 2.24) is 0 Å². The fourth-order valence-corrected chi connectivity index (χ4v) is 1.37. The second kappa shape index (κ2) is 6.49. The number of rotatable bonds is 6. The van der Waals surface area contributed by atoms with Crippen molar-refractivity contribution < 1.29 is 4.74 Å². The highest BCUT2D eigenvalue weighted by atomic mass is 32.2. The molecule has 66 valence electrons. The number of methoxy groups -OCH3 is 1. The molecule has 0 aliphatic heterocycles. The zero-order valence-electron chi connectivity index (χ0n) is 7.09. The first kappa shape index (κ1) is 10.8. The lowest BCUT2D eigenvalue weighted by atomic mass is 10.4. The predicted octanol–water partition coefficient (Wildman–Crippen LogP) is 1.08. The van der Waals surface area contributed by atoms with Crippen LogP contribution in [-0.4, -0.2) is 30.6 Å². The molecule has 1 atom stereocenters. The summed E-state index contributed by atoms with van der Waals surface area (Å²) >= 11 is 1.69. The fraction of sp³-hybridized carbons (Fsp3) is 0.857. The van der Waals surface area contributed by atoms with Crippen molar-refractivity contribution in [3.63, 3.8) is 0 Å². The maximum Gasteiger partial charge on any atom is 0.104 e. The van der Waals surface area contributed by atoms with Crippen molar-refractivity contribution in [3.05, 3.63) is 0 Å². The summed E-state index contributed by atoms with van der Waals surface area (Å²) in [5.41, 5.74) is 5.28. The molecule has 0 radical (unpaired) electrons. The quantitative estimate of drug-likeness (QED) is 0.362. The first-order valence-corrected chi connectivity index (χ1v) is 4.67. The van der Waals surface area contributed by atoms with Crippen molar-refractivity contribution in [1.29, 1.82) is 5.41 Å². The molecule has 0 bridgehead atoms. The molecule has 0 fully saturated rings. The summed E-state index contributed by atoms with van der Waals surface area (Å²) in [7, 11) is 1.69. The van der Waals surface area contributed by atoms with Gasteiger partial charge < -0.3 is 10.5 Å². The number of amidine groups is 1. The normalized spacial score (nSPS) is 12.9. The van der Waals surface area contributed by atoms with Gasteiger partial charge in [-0.05, 0) is 19.1 Å². The number of hydrogen-bond donors (Lipinski definition) is 2. The van der Waals surface area contributed by atoms with Gasteiger partial charge in [-0.15, -0.1) is 0 Å². The number of nitrogens with one attached hydrogen (secondary N) is 1. The van der Waals surface area contributed by atoms with Crippen LogP contribution in [0.4, 0.5) is 0 Å². The molecule has 0 rings (SSSR count). The topological polar surface area (TPSA) is 59.1 Å². The third-order valence-electron chi connectivity index (χ3n) is 1.30. The predicted molar refractivity (Wildman–Crippen MR) is 50.3 cm³/mol. The Morgan fingerprint density at radius 1 is 1.73 bits per heavy atom. The fourth-order valence-electron chi connectivity index (χ4n) is 0.553. The zero-order chi connectivity index (χ0) is 8.69. The van der Waals surface area contributed by atoms with E-state index in [1.165, 1.54) is 0 Å². The SMILES string of the molecule is COCCCSC(C)C(=N)N. The van der Waals surface area contributed by atoms with Crippen molar-refractivity contribution in [2.75, 3.05) is 19.5 Å². The minimum Gasteiger partial charge on any atom is -0.387 e. The van der Waals surface area contributed by atoms with E-state index in [1.54, 1.807) is 18.9 Å². The van der Waals surface area contributed by atoms with Crippen LogP contribution < -0.4 is 5.73 Å². The van der Waals surface area contributed by atoms with Crippen LogP contribution in [0.15, 0.2) is 0 Å². The summed E-state index contributed by atoms with van der Waals surface area (Å²) in [6, 6.07) is 0. The molecule has 3 N–H and O–H groups in total. The molecule has 1 unspecified atom stereocenters. The van der Waals surface area contributed by atoms with Gasteiger partial charge in [0.2, 0.25) is 0 Å². The number of hydrogen-bond acceptors (Lipinski definition) is 3. The third-order valence-corrected chi connectivity index (χ3v) is 2.58. The molecule has 0 aromatic rings. The van der Waals surface area contributed by atoms with Crippen molar-refractivity contribution >= 4 is 17.6 Å². The van der Waals surface area contributed by atoms with Crippen LogP contribution in [0.2, 0.25) is 0 Å². The Bertz CT molecular complexity index is 119. The number of ether oxygens (including phenoxy) is 1. The Kier molecular flexibility index (Phi) is 6.36. The Morgan fingerprint density at radius 3 is 2.82 bits per heavy atom. The standard InChI is InChI=1S/C7H16N2OS/c1-6(7(8)9)11-5-3-4-10-2/h6H,3-5H2,1-2H3,(H3,8,9). The largest absolute Gasteiger partial charge is 0.387 e. The molecule has 0 aromatic carbocycles. The van der Waals surface area contributed by atoms with Crippen LogP contribution in [0.3, 0.4) is 0 Å². The molecule has 0 heterocycles. The summed E-state index contributed by atoms with van der Waals surface area (Å²) in [6.07, 6.45) is 1.03. The zero-order valence-corrected chi connectivity index (χ0v) is 7.91.